The van der Waals surface area contributed by atoms with E-state index < -0.39 is 0 Å². The fourth-order valence-corrected chi connectivity index (χ4v) is 2.28. The Labute approximate surface area is 116 Å². The molecular formula is C14H25N5. The van der Waals surface area contributed by atoms with Crippen molar-refractivity contribution in [1.82, 2.24) is 20.2 Å². The van der Waals surface area contributed by atoms with Gasteiger partial charge in [-0.1, -0.05) is 13.8 Å². The van der Waals surface area contributed by atoms with E-state index in [2.05, 4.69) is 53.0 Å². The van der Waals surface area contributed by atoms with E-state index in [0.29, 0.717) is 12.1 Å². The number of rotatable bonds is 5. The van der Waals surface area contributed by atoms with Crippen LogP contribution in [-0.2, 0) is 6.54 Å². The minimum Gasteiger partial charge on any atom is -0.354 e. The van der Waals surface area contributed by atoms with Gasteiger partial charge < -0.3 is 15.1 Å². The summed E-state index contributed by atoms with van der Waals surface area (Å²) in [6, 6.07) is 1.10. The zero-order chi connectivity index (χ0) is 13.8. The second-order valence-corrected chi connectivity index (χ2v) is 5.75. The molecule has 1 aromatic heterocycles. The molecule has 5 heteroatoms. The standard InChI is InChI=1S/C14H25N5/c1-11(2)15-7-12-8-17-14(9-16-12)19-6-5-13(10-19)18(3)4/h8-9,11,13,15H,5-7,10H2,1-4H3. The van der Waals surface area contributed by atoms with E-state index in [1.54, 1.807) is 0 Å². The highest BCUT2D eigenvalue weighted by Gasteiger charge is 2.24. The molecule has 1 fully saturated rings. The van der Waals surface area contributed by atoms with Gasteiger partial charge in [0.1, 0.15) is 5.82 Å². The Bertz CT molecular complexity index is 387. The summed E-state index contributed by atoms with van der Waals surface area (Å²) in [4.78, 5) is 13.6. The van der Waals surface area contributed by atoms with E-state index in [0.717, 1.165) is 31.1 Å². The summed E-state index contributed by atoms with van der Waals surface area (Å²) >= 11 is 0. The van der Waals surface area contributed by atoms with Crippen LogP contribution in [0.2, 0.25) is 0 Å². The van der Waals surface area contributed by atoms with Crippen LogP contribution < -0.4 is 10.2 Å². The molecule has 2 heterocycles. The van der Waals surface area contributed by atoms with E-state index in [4.69, 9.17) is 0 Å². The van der Waals surface area contributed by atoms with Crippen LogP contribution in [0.1, 0.15) is 26.0 Å². The lowest BCUT2D eigenvalue weighted by atomic mass is 10.2. The summed E-state index contributed by atoms with van der Waals surface area (Å²) < 4.78 is 0. The molecule has 19 heavy (non-hydrogen) atoms. The first-order valence-electron chi connectivity index (χ1n) is 7.02. The second kappa shape index (κ2) is 6.30. The second-order valence-electron chi connectivity index (χ2n) is 5.75. The lowest BCUT2D eigenvalue weighted by molar-refractivity contribution is 0.315. The molecular weight excluding hydrogens is 238 g/mol. The molecule has 0 spiro atoms. The molecule has 0 amide bonds. The number of nitrogens with one attached hydrogen (secondary N) is 1. The van der Waals surface area contributed by atoms with Crippen molar-refractivity contribution in [2.24, 2.45) is 0 Å². The van der Waals surface area contributed by atoms with Crippen molar-refractivity contribution < 1.29 is 0 Å². The summed E-state index contributed by atoms with van der Waals surface area (Å²) in [5.41, 5.74) is 1.00. The molecule has 1 atom stereocenters. The predicted molar refractivity (Wildman–Crippen MR) is 78.3 cm³/mol. The topological polar surface area (TPSA) is 44.3 Å². The van der Waals surface area contributed by atoms with Crippen LogP contribution in [0.15, 0.2) is 12.4 Å². The van der Waals surface area contributed by atoms with Crippen molar-refractivity contribution in [2.75, 3.05) is 32.1 Å². The maximum atomic E-state index is 4.54. The fourth-order valence-electron chi connectivity index (χ4n) is 2.28. The van der Waals surface area contributed by atoms with Crippen molar-refractivity contribution in [1.29, 1.82) is 0 Å². The van der Waals surface area contributed by atoms with Crippen molar-refractivity contribution in [3.63, 3.8) is 0 Å². The molecule has 1 aliphatic rings. The van der Waals surface area contributed by atoms with Gasteiger partial charge in [-0.05, 0) is 20.5 Å². The van der Waals surface area contributed by atoms with Gasteiger partial charge in [-0.25, -0.2) is 4.98 Å². The van der Waals surface area contributed by atoms with Crippen molar-refractivity contribution in [3.05, 3.63) is 18.1 Å². The number of aromatic nitrogens is 2. The Morgan fingerprint density at radius 2 is 2.16 bits per heavy atom. The minimum absolute atomic E-state index is 0.473. The number of anilines is 1. The highest BCUT2D eigenvalue weighted by atomic mass is 15.3. The zero-order valence-corrected chi connectivity index (χ0v) is 12.4. The third-order valence-corrected chi connectivity index (χ3v) is 3.60. The maximum Gasteiger partial charge on any atom is 0.147 e. The smallest absolute Gasteiger partial charge is 0.147 e. The SMILES string of the molecule is CC(C)NCc1cnc(N2CCC(N(C)C)C2)cn1. The molecule has 1 aliphatic heterocycles. The number of hydrogen-bond donors (Lipinski definition) is 1. The molecule has 2 rings (SSSR count). The Balaban J connectivity index is 1.92. The number of nitrogens with zero attached hydrogens (tertiary/aromatic N) is 4. The molecule has 0 bridgehead atoms. The first-order valence-corrected chi connectivity index (χ1v) is 7.02. The highest BCUT2D eigenvalue weighted by Crippen LogP contribution is 2.19. The first kappa shape index (κ1) is 14.2. The van der Waals surface area contributed by atoms with Crippen molar-refractivity contribution >= 4 is 5.82 Å². The largest absolute Gasteiger partial charge is 0.354 e. The molecule has 1 aromatic rings. The summed E-state index contributed by atoms with van der Waals surface area (Å²) in [6.45, 7) is 7.17. The zero-order valence-electron chi connectivity index (χ0n) is 12.4. The Morgan fingerprint density at radius 1 is 1.37 bits per heavy atom. The third-order valence-electron chi connectivity index (χ3n) is 3.60. The van der Waals surface area contributed by atoms with Crippen LogP contribution >= 0.6 is 0 Å². The van der Waals surface area contributed by atoms with Crippen LogP contribution in [0.25, 0.3) is 0 Å². The van der Waals surface area contributed by atoms with Gasteiger partial charge in [0, 0.05) is 31.7 Å². The third kappa shape index (κ3) is 3.88. The molecule has 1 N–H and O–H groups in total. The minimum atomic E-state index is 0.473. The van der Waals surface area contributed by atoms with E-state index >= 15 is 0 Å². The maximum absolute atomic E-state index is 4.54. The van der Waals surface area contributed by atoms with Gasteiger partial charge in [-0.15, -0.1) is 0 Å². The Kier molecular flexibility index (Phi) is 4.71. The normalized spacial score (nSPS) is 19.7. The quantitative estimate of drug-likeness (QED) is 0.862. The number of hydrogen-bond acceptors (Lipinski definition) is 5. The Hall–Kier alpha value is -1.20. The molecule has 0 aromatic carbocycles. The summed E-state index contributed by atoms with van der Waals surface area (Å²) in [7, 11) is 4.28. The molecule has 0 saturated carbocycles. The Morgan fingerprint density at radius 3 is 2.68 bits per heavy atom. The molecule has 1 unspecified atom stereocenters. The van der Waals surface area contributed by atoms with Gasteiger partial charge in [-0.2, -0.15) is 0 Å². The van der Waals surface area contributed by atoms with Gasteiger partial charge >= 0.3 is 0 Å². The van der Waals surface area contributed by atoms with Crippen LogP contribution in [0.5, 0.6) is 0 Å². The van der Waals surface area contributed by atoms with Gasteiger partial charge in [0.25, 0.3) is 0 Å². The van der Waals surface area contributed by atoms with E-state index in [-0.39, 0.29) is 0 Å². The molecule has 0 radical (unpaired) electrons. The molecule has 5 nitrogen and oxygen atoms in total. The van der Waals surface area contributed by atoms with Gasteiger partial charge in [0.05, 0.1) is 18.1 Å². The van der Waals surface area contributed by atoms with Crippen molar-refractivity contribution in [2.45, 2.75) is 38.9 Å². The van der Waals surface area contributed by atoms with Gasteiger partial charge in [0.2, 0.25) is 0 Å². The summed E-state index contributed by atoms with van der Waals surface area (Å²) in [5.74, 6) is 0.998. The van der Waals surface area contributed by atoms with Crippen molar-refractivity contribution in [3.8, 4) is 0 Å². The predicted octanol–water partition coefficient (Wildman–Crippen LogP) is 1.11. The average molecular weight is 263 g/mol. The lowest BCUT2D eigenvalue weighted by Gasteiger charge is -2.20. The van der Waals surface area contributed by atoms with Gasteiger partial charge in [0.15, 0.2) is 0 Å². The lowest BCUT2D eigenvalue weighted by Crippen LogP contribution is -2.31. The first-order chi connectivity index (χ1) is 9.06. The van der Waals surface area contributed by atoms with Crippen LogP contribution in [0.4, 0.5) is 5.82 Å². The van der Waals surface area contributed by atoms with E-state index in [1.165, 1.54) is 6.42 Å². The van der Waals surface area contributed by atoms with Crippen LogP contribution in [-0.4, -0.2) is 54.1 Å². The molecule has 106 valence electrons. The van der Waals surface area contributed by atoms with Crippen LogP contribution in [0, 0.1) is 0 Å². The van der Waals surface area contributed by atoms with E-state index in [1.807, 2.05) is 12.4 Å². The summed E-state index contributed by atoms with van der Waals surface area (Å²) in [5, 5.41) is 3.35. The monoisotopic (exact) mass is 263 g/mol. The molecule has 1 saturated heterocycles. The number of likely N-dealkylation sites (N-methyl/N-ethyl adjacent to an activating group) is 1. The van der Waals surface area contributed by atoms with Gasteiger partial charge in [-0.3, -0.25) is 4.98 Å². The van der Waals surface area contributed by atoms with E-state index in [9.17, 15) is 0 Å². The highest BCUT2D eigenvalue weighted by molar-refractivity contribution is 5.37. The summed E-state index contributed by atoms with van der Waals surface area (Å²) in [6.07, 6.45) is 4.98. The van der Waals surface area contributed by atoms with Crippen LogP contribution in [0.3, 0.4) is 0 Å². The fraction of sp³-hybridized carbons (Fsp3) is 0.714. The average Bonchev–Trinajstić information content (AvgIpc) is 2.86. The molecule has 0 aliphatic carbocycles.